The van der Waals surface area contributed by atoms with E-state index in [4.69, 9.17) is 0 Å². The van der Waals surface area contributed by atoms with Gasteiger partial charge in [-0.15, -0.1) is 0 Å². The van der Waals surface area contributed by atoms with Crippen LogP contribution in [0.5, 0.6) is 0 Å². The molecular formula is C13H18BrN. The highest BCUT2D eigenvalue weighted by atomic mass is 79.9. The van der Waals surface area contributed by atoms with Crippen molar-refractivity contribution in [1.82, 2.24) is 5.32 Å². The van der Waals surface area contributed by atoms with Gasteiger partial charge in [-0.2, -0.15) is 0 Å². The molecule has 2 heteroatoms. The Morgan fingerprint density at radius 3 is 2.80 bits per heavy atom. The zero-order chi connectivity index (χ0) is 10.7. The van der Waals surface area contributed by atoms with E-state index >= 15 is 0 Å². The molecule has 15 heavy (non-hydrogen) atoms. The van der Waals surface area contributed by atoms with Crippen molar-refractivity contribution in [3.8, 4) is 0 Å². The van der Waals surface area contributed by atoms with Crippen LogP contribution in [-0.2, 0) is 6.54 Å². The third-order valence-corrected chi connectivity index (χ3v) is 3.91. The second-order valence-corrected chi connectivity index (χ2v) is 5.31. The minimum absolute atomic E-state index is 0.748. The Labute approximate surface area is 100 Å². The molecule has 1 nitrogen and oxygen atoms in total. The standard InChI is InChI=1S/C13H18BrN/c1-10-6-7-13(14)11(8-10)9-15-12-4-2-3-5-12/h6-8,12,15H,2-5,9H2,1H3. The van der Waals surface area contributed by atoms with Crippen LogP contribution in [0.25, 0.3) is 0 Å². The lowest BCUT2D eigenvalue weighted by molar-refractivity contribution is 0.523. The minimum atomic E-state index is 0.748. The van der Waals surface area contributed by atoms with Crippen LogP contribution in [-0.4, -0.2) is 6.04 Å². The van der Waals surface area contributed by atoms with Gasteiger partial charge in [0.15, 0.2) is 0 Å². The first-order valence-corrected chi connectivity index (χ1v) is 6.53. The second kappa shape index (κ2) is 5.13. The predicted molar refractivity (Wildman–Crippen MR) is 68.0 cm³/mol. The van der Waals surface area contributed by atoms with E-state index in [1.54, 1.807) is 0 Å². The Morgan fingerprint density at radius 1 is 1.33 bits per heavy atom. The number of hydrogen-bond acceptors (Lipinski definition) is 1. The van der Waals surface area contributed by atoms with Gasteiger partial charge in [-0.1, -0.05) is 46.5 Å². The zero-order valence-corrected chi connectivity index (χ0v) is 10.8. The second-order valence-electron chi connectivity index (χ2n) is 4.46. The number of hydrogen-bond donors (Lipinski definition) is 1. The average Bonchev–Trinajstić information content (AvgIpc) is 2.72. The molecule has 82 valence electrons. The van der Waals surface area contributed by atoms with Crippen molar-refractivity contribution in [1.29, 1.82) is 0 Å². The molecule has 0 unspecified atom stereocenters. The maximum atomic E-state index is 3.64. The SMILES string of the molecule is Cc1ccc(Br)c(CNC2CCCC2)c1. The van der Waals surface area contributed by atoms with Gasteiger partial charge in [-0.25, -0.2) is 0 Å². The van der Waals surface area contributed by atoms with E-state index in [0.717, 1.165) is 12.6 Å². The van der Waals surface area contributed by atoms with Gasteiger partial charge in [0.2, 0.25) is 0 Å². The van der Waals surface area contributed by atoms with E-state index in [1.165, 1.54) is 41.3 Å². The average molecular weight is 268 g/mol. The molecule has 0 spiro atoms. The summed E-state index contributed by atoms with van der Waals surface area (Å²) < 4.78 is 1.22. The Kier molecular flexibility index (Phi) is 3.81. The Morgan fingerprint density at radius 2 is 2.07 bits per heavy atom. The highest BCUT2D eigenvalue weighted by molar-refractivity contribution is 9.10. The van der Waals surface area contributed by atoms with Crippen LogP contribution in [0.3, 0.4) is 0 Å². The summed E-state index contributed by atoms with van der Waals surface area (Å²) in [7, 11) is 0. The van der Waals surface area contributed by atoms with Gasteiger partial charge in [0.05, 0.1) is 0 Å². The number of halogens is 1. The first-order valence-electron chi connectivity index (χ1n) is 5.74. The van der Waals surface area contributed by atoms with E-state index < -0.39 is 0 Å². The number of aryl methyl sites for hydroxylation is 1. The summed E-state index contributed by atoms with van der Waals surface area (Å²) in [6, 6.07) is 7.29. The molecule has 0 saturated heterocycles. The summed E-state index contributed by atoms with van der Waals surface area (Å²) >= 11 is 3.60. The molecule has 1 aromatic rings. The lowest BCUT2D eigenvalue weighted by atomic mass is 10.1. The number of nitrogens with one attached hydrogen (secondary N) is 1. The van der Waals surface area contributed by atoms with E-state index in [-0.39, 0.29) is 0 Å². The quantitative estimate of drug-likeness (QED) is 0.879. The van der Waals surface area contributed by atoms with Gasteiger partial charge < -0.3 is 5.32 Å². The van der Waals surface area contributed by atoms with Crippen molar-refractivity contribution < 1.29 is 0 Å². The molecule has 0 aromatic heterocycles. The normalized spacial score (nSPS) is 17.2. The minimum Gasteiger partial charge on any atom is -0.310 e. The summed E-state index contributed by atoms with van der Waals surface area (Å²) in [6.45, 7) is 3.14. The first-order chi connectivity index (χ1) is 7.25. The Hall–Kier alpha value is -0.340. The van der Waals surface area contributed by atoms with Gasteiger partial charge in [0.25, 0.3) is 0 Å². The molecule has 0 amide bonds. The summed E-state index contributed by atoms with van der Waals surface area (Å²) in [5.41, 5.74) is 2.71. The van der Waals surface area contributed by atoms with Gasteiger partial charge in [0.1, 0.15) is 0 Å². The molecule has 1 saturated carbocycles. The summed E-state index contributed by atoms with van der Waals surface area (Å²) in [5.74, 6) is 0. The number of rotatable bonds is 3. The highest BCUT2D eigenvalue weighted by Crippen LogP contribution is 2.21. The molecule has 1 aliphatic carbocycles. The lowest BCUT2D eigenvalue weighted by Crippen LogP contribution is -2.25. The molecule has 0 radical (unpaired) electrons. The Balaban J connectivity index is 1.94. The van der Waals surface area contributed by atoms with Crippen LogP contribution in [0, 0.1) is 6.92 Å². The van der Waals surface area contributed by atoms with Gasteiger partial charge >= 0.3 is 0 Å². The third-order valence-electron chi connectivity index (χ3n) is 3.14. The van der Waals surface area contributed by atoms with E-state index in [9.17, 15) is 0 Å². The van der Waals surface area contributed by atoms with Gasteiger partial charge in [-0.3, -0.25) is 0 Å². The topological polar surface area (TPSA) is 12.0 Å². The summed E-state index contributed by atoms with van der Waals surface area (Å²) in [4.78, 5) is 0. The molecule has 0 heterocycles. The maximum Gasteiger partial charge on any atom is 0.0220 e. The van der Waals surface area contributed by atoms with E-state index in [0.29, 0.717) is 0 Å². The van der Waals surface area contributed by atoms with Crippen molar-refractivity contribution in [3.63, 3.8) is 0 Å². The molecule has 1 aliphatic rings. The molecule has 0 atom stereocenters. The van der Waals surface area contributed by atoms with E-state index in [1.807, 2.05) is 0 Å². The molecule has 1 aromatic carbocycles. The van der Waals surface area contributed by atoms with Crippen LogP contribution < -0.4 is 5.32 Å². The Bertz CT molecular complexity index is 329. The lowest BCUT2D eigenvalue weighted by Gasteiger charge is -2.13. The van der Waals surface area contributed by atoms with Crippen LogP contribution >= 0.6 is 15.9 Å². The molecule has 1 fully saturated rings. The smallest absolute Gasteiger partial charge is 0.0220 e. The van der Waals surface area contributed by atoms with Gasteiger partial charge in [-0.05, 0) is 31.4 Å². The molecule has 1 N–H and O–H groups in total. The fourth-order valence-electron chi connectivity index (χ4n) is 2.22. The summed E-state index contributed by atoms with van der Waals surface area (Å²) in [6.07, 6.45) is 5.49. The van der Waals surface area contributed by atoms with Crippen LogP contribution in [0.4, 0.5) is 0 Å². The highest BCUT2D eigenvalue weighted by Gasteiger charge is 2.14. The number of benzene rings is 1. The fourth-order valence-corrected chi connectivity index (χ4v) is 2.61. The van der Waals surface area contributed by atoms with Crippen LogP contribution in [0.15, 0.2) is 22.7 Å². The van der Waals surface area contributed by atoms with Crippen molar-refractivity contribution in [3.05, 3.63) is 33.8 Å². The summed E-state index contributed by atoms with van der Waals surface area (Å²) in [5, 5.41) is 3.64. The van der Waals surface area contributed by atoms with Gasteiger partial charge in [0, 0.05) is 17.1 Å². The molecule has 0 aliphatic heterocycles. The van der Waals surface area contributed by atoms with Crippen molar-refractivity contribution >= 4 is 15.9 Å². The van der Waals surface area contributed by atoms with Crippen LogP contribution in [0.1, 0.15) is 36.8 Å². The first kappa shape index (κ1) is 11.2. The predicted octanol–water partition coefficient (Wildman–Crippen LogP) is 3.79. The maximum absolute atomic E-state index is 3.64. The van der Waals surface area contributed by atoms with Crippen molar-refractivity contribution in [2.75, 3.05) is 0 Å². The van der Waals surface area contributed by atoms with Crippen molar-refractivity contribution in [2.24, 2.45) is 0 Å². The van der Waals surface area contributed by atoms with Crippen LogP contribution in [0.2, 0.25) is 0 Å². The van der Waals surface area contributed by atoms with Crippen molar-refractivity contribution in [2.45, 2.75) is 45.2 Å². The van der Waals surface area contributed by atoms with E-state index in [2.05, 4.69) is 46.4 Å². The molecule has 2 rings (SSSR count). The molecular weight excluding hydrogens is 250 g/mol. The fraction of sp³-hybridized carbons (Fsp3) is 0.538. The largest absolute Gasteiger partial charge is 0.310 e. The monoisotopic (exact) mass is 267 g/mol. The zero-order valence-electron chi connectivity index (χ0n) is 9.22. The third kappa shape index (κ3) is 3.05. The molecule has 0 bridgehead atoms.